The molecule has 0 radical (unpaired) electrons. The Balaban J connectivity index is 1.49. The molecule has 192 valence electrons. The minimum absolute atomic E-state index is 0.171. The number of hydrogen-bond acceptors (Lipinski definition) is 4. The Morgan fingerprint density at radius 2 is 1.68 bits per heavy atom. The zero-order valence-corrected chi connectivity index (χ0v) is 21.3. The van der Waals surface area contributed by atoms with E-state index in [4.69, 9.17) is 16.4 Å². The number of amides is 2. The Hall–Kier alpha value is -3.19. The molecule has 5 rings (SSSR count). The molecule has 3 aromatic carbocycles. The van der Waals surface area contributed by atoms with Crippen molar-refractivity contribution in [2.75, 3.05) is 6.61 Å². The lowest BCUT2D eigenvalue weighted by Gasteiger charge is -2.48. The third kappa shape index (κ3) is 5.42. The van der Waals surface area contributed by atoms with Crippen molar-refractivity contribution >= 4 is 23.4 Å². The van der Waals surface area contributed by atoms with E-state index in [1.165, 1.54) is 0 Å². The zero-order valence-electron chi connectivity index (χ0n) is 20.6. The van der Waals surface area contributed by atoms with Gasteiger partial charge in [0.2, 0.25) is 0 Å². The Bertz CT molecular complexity index is 1230. The van der Waals surface area contributed by atoms with E-state index in [2.05, 4.69) is 5.48 Å². The Labute approximate surface area is 222 Å². The molecule has 0 bridgehead atoms. The molecule has 0 unspecified atom stereocenters. The van der Waals surface area contributed by atoms with Gasteiger partial charge in [-0.2, -0.15) is 0 Å². The van der Waals surface area contributed by atoms with Crippen LogP contribution >= 0.6 is 11.6 Å². The molecule has 2 N–H and O–H groups in total. The van der Waals surface area contributed by atoms with Crippen molar-refractivity contribution in [1.82, 2.24) is 10.4 Å². The van der Waals surface area contributed by atoms with Gasteiger partial charge >= 0.3 is 0 Å². The van der Waals surface area contributed by atoms with Crippen LogP contribution in [0.2, 0.25) is 5.02 Å². The number of nitrogens with zero attached hydrogens (tertiary/aromatic N) is 1. The SMILES string of the molecule is O=C(NOCCc1ccccc1)[C@@H]1c2ccccc2C(=O)N([C@H]2CCCC[C@@H]2O)[C@H]1c1ccc(Cl)cc1. The van der Waals surface area contributed by atoms with E-state index in [1.807, 2.05) is 54.6 Å². The summed E-state index contributed by atoms with van der Waals surface area (Å²) < 4.78 is 0. The fourth-order valence-corrected chi connectivity index (χ4v) is 5.75. The first-order valence-corrected chi connectivity index (χ1v) is 13.2. The molecule has 1 aliphatic heterocycles. The minimum Gasteiger partial charge on any atom is -0.391 e. The van der Waals surface area contributed by atoms with Crippen molar-refractivity contribution in [2.24, 2.45) is 0 Å². The van der Waals surface area contributed by atoms with Gasteiger partial charge in [0, 0.05) is 10.6 Å². The highest BCUT2D eigenvalue weighted by Gasteiger charge is 2.48. The van der Waals surface area contributed by atoms with E-state index < -0.39 is 18.1 Å². The van der Waals surface area contributed by atoms with E-state index in [1.54, 1.807) is 29.2 Å². The van der Waals surface area contributed by atoms with Gasteiger partial charge < -0.3 is 10.0 Å². The van der Waals surface area contributed by atoms with E-state index in [9.17, 15) is 14.7 Å². The average Bonchev–Trinajstić information content (AvgIpc) is 2.92. The summed E-state index contributed by atoms with van der Waals surface area (Å²) in [5.74, 6) is -1.22. The van der Waals surface area contributed by atoms with E-state index in [0.717, 1.165) is 24.0 Å². The summed E-state index contributed by atoms with van der Waals surface area (Å²) in [5.41, 5.74) is 5.69. The van der Waals surface area contributed by atoms with Crippen LogP contribution in [0.1, 0.15) is 64.7 Å². The van der Waals surface area contributed by atoms with Gasteiger partial charge in [0.15, 0.2) is 0 Å². The van der Waals surface area contributed by atoms with Crippen LogP contribution in [0.5, 0.6) is 0 Å². The van der Waals surface area contributed by atoms with Gasteiger partial charge in [-0.1, -0.05) is 85.1 Å². The summed E-state index contributed by atoms with van der Waals surface area (Å²) in [6.07, 6.45) is 3.15. The van der Waals surface area contributed by atoms with Crippen molar-refractivity contribution in [3.05, 3.63) is 106 Å². The van der Waals surface area contributed by atoms with Gasteiger partial charge in [0.1, 0.15) is 0 Å². The van der Waals surface area contributed by atoms with Gasteiger partial charge in [-0.25, -0.2) is 5.48 Å². The molecule has 1 aliphatic carbocycles. The maximum Gasteiger partial charge on any atom is 0.255 e. The molecule has 3 aromatic rings. The topological polar surface area (TPSA) is 78.9 Å². The molecule has 0 saturated heterocycles. The van der Waals surface area contributed by atoms with Crippen molar-refractivity contribution in [2.45, 2.75) is 56.2 Å². The largest absolute Gasteiger partial charge is 0.391 e. The van der Waals surface area contributed by atoms with E-state index in [-0.39, 0.29) is 17.9 Å². The number of benzene rings is 3. The van der Waals surface area contributed by atoms with Gasteiger partial charge in [-0.3, -0.25) is 14.4 Å². The minimum atomic E-state index is -0.721. The Kier molecular flexibility index (Phi) is 7.89. The van der Waals surface area contributed by atoms with Gasteiger partial charge in [0.25, 0.3) is 11.8 Å². The first-order chi connectivity index (χ1) is 18.0. The molecule has 37 heavy (non-hydrogen) atoms. The van der Waals surface area contributed by atoms with Crippen molar-refractivity contribution in [3.8, 4) is 0 Å². The number of carbonyl (C=O) groups is 2. The lowest BCUT2D eigenvalue weighted by Crippen LogP contribution is -2.55. The highest BCUT2D eigenvalue weighted by atomic mass is 35.5. The summed E-state index contributed by atoms with van der Waals surface area (Å²) in [4.78, 5) is 35.1. The van der Waals surface area contributed by atoms with Crippen molar-refractivity contribution in [1.29, 1.82) is 0 Å². The van der Waals surface area contributed by atoms with Crippen molar-refractivity contribution < 1.29 is 19.5 Å². The summed E-state index contributed by atoms with van der Waals surface area (Å²) in [6, 6.07) is 23.4. The molecule has 6 nitrogen and oxygen atoms in total. The number of carbonyl (C=O) groups excluding carboxylic acids is 2. The third-order valence-electron chi connectivity index (χ3n) is 7.43. The van der Waals surface area contributed by atoms with Crippen LogP contribution in [0.15, 0.2) is 78.9 Å². The molecular weight excluding hydrogens is 488 g/mol. The van der Waals surface area contributed by atoms with Crippen LogP contribution in [-0.2, 0) is 16.1 Å². The van der Waals surface area contributed by atoms with Crippen molar-refractivity contribution in [3.63, 3.8) is 0 Å². The molecule has 2 aliphatic rings. The number of hydroxylamine groups is 1. The lowest BCUT2D eigenvalue weighted by molar-refractivity contribution is -0.137. The number of nitrogens with one attached hydrogen (secondary N) is 1. The fourth-order valence-electron chi connectivity index (χ4n) is 5.63. The molecular formula is C30H31ClN2O4. The van der Waals surface area contributed by atoms with Crippen LogP contribution in [0.3, 0.4) is 0 Å². The predicted molar refractivity (Wildman–Crippen MR) is 142 cm³/mol. The number of hydrogen-bond donors (Lipinski definition) is 2. The molecule has 7 heteroatoms. The fraction of sp³-hybridized carbons (Fsp3) is 0.333. The Morgan fingerprint density at radius 1 is 0.973 bits per heavy atom. The zero-order chi connectivity index (χ0) is 25.8. The highest BCUT2D eigenvalue weighted by Crippen LogP contribution is 2.46. The monoisotopic (exact) mass is 518 g/mol. The molecule has 4 atom stereocenters. The van der Waals surface area contributed by atoms with Gasteiger partial charge in [-0.05, 0) is 54.2 Å². The second kappa shape index (κ2) is 11.5. The van der Waals surface area contributed by atoms with Gasteiger partial charge in [-0.15, -0.1) is 0 Å². The normalized spacial score (nSPS) is 23.4. The Morgan fingerprint density at radius 3 is 2.43 bits per heavy atom. The first kappa shape index (κ1) is 25.5. The lowest BCUT2D eigenvalue weighted by atomic mass is 9.77. The quantitative estimate of drug-likeness (QED) is 0.332. The molecule has 1 saturated carbocycles. The molecule has 1 fully saturated rings. The second-order valence-electron chi connectivity index (χ2n) is 9.74. The maximum absolute atomic E-state index is 13.9. The second-order valence-corrected chi connectivity index (χ2v) is 10.2. The smallest absolute Gasteiger partial charge is 0.255 e. The summed E-state index contributed by atoms with van der Waals surface area (Å²) in [5, 5.41) is 11.5. The molecule has 0 aromatic heterocycles. The maximum atomic E-state index is 13.9. The van der Waals surface area contributed by atoms with Crippen LogP contribution in [0.25, 0.3) is 0 Å². The summed E-state index contributed by atoms with van der Waals surface area (Å²) in [7, 11) is 0. The number of fused-ring (bicyclic) bond motifs is 1. The highest BCUT2D eigenvalue weighted by molar-refractivity contribution is 6.30. The number of aliphatic hydroxyl groups is 1. The van der Waals surface area contributed by atoms with Crippen LogP contribution < -0.4 is 5.48 Å². The van der Waals surface area contributed by atoms with E-state index >= 15 is 0 Å². The third-order valence-corrected chi connectivity index (χ3v) is 7.68. The molecule has 0 spiro atoms. The number of halogens is 1. The number of rotatable bonds is 7. The molecule has 1 heterocycles. The average molecular weight is 519 g/mol. The standard InChI is InChI=1S/C30H31ClN2O4/c31-22-16-14-21(15-17-22)28-27(29(35)32-37-19-18-20-8-2-1-3-9-20)23-10-4-5-11-24(23)30(36)33(28)25-12-6-7-13-26(25)34/h1-5,8-11,14-17,25-28,34H,6-7,12-13,18-19H2,(H,32,35)/t25-,26-,27+,28-/m0/s1. The van der Waals surface area contributed by atoms with E-state index in [0.29, 0.717) is 42.0 Å². The van der Waals surface area contributed by atoms with Crippen LogP contribution in [0.4, 0.5) is 0 Å². The van der Waals surface area contributed by atoms with Crippen LogP contribution in [-0.4, -0.2) is 40.6 Å². The van der Waals surface area contributed by atoms with Crippen LogP contribution in [0, 0.1) is 0 Å². The molecule has 2 amide bonds. The number of aliphatic hydroxyl groups excluding tert-OH is 1. The summed E-state index contributed by atoms with van der Waals surface area (Å²) in [6.45, 7) is 0.319. The first-order valence-electron chi connectivity index (χ1n) is 12.9. The summed E-state index contributed by atoms with van der Waals surface area (Å²) >= 11 is 6.18. The van der Waals surface area contributed by atoms with Gasteiger partial charge in [0.05, 0.1) is 30.7 Å². The predicted octanol–water partition coefficient (Wildman–Crippen LogP) is 5.21.